The summed E-state index contributed by atoms with van der Waals surface area (Å²) in [5.74, 6) is 0.530. The minimum Gasteiger partial charge on any atom is -0.384 e. The standard InChI is InChI=1S/C20H25FN4O2/c1-27-6-5-19(26)25-10-15-9-24(11-17-8-22-13-23-17)12-18(15)20(25)14-3-2-4-16(21)7-14/h2-4,7-8,13,15,18,20H,5-6,9-12H2,1H3,(H,22,23)/t15-,18-,20+/m0/s1. The normalized spacial score (nSPS) is 25.1. The highest BCUT2D eigenvalue weighted by Gasteiger charge is 2.48. The molecular weight excluding hydrogens is 347 g/mol. The van der Waals surface area contributed by atoms with E-state index in [0.29, 0.717) is 31.4 Å². The van der Waals surface area contributed by atoms with E-state index in [1.165, 1.54) is 6.07 Å². The number of aromatic nitrogens is 2. The fourth-order valence-electron chi connectivity index (χ4n) is 4.59. The molecule has 0 radical (unpaired) electrons. The van der Waals surface area contributed by atoms with Crippen LogP contribution in [0.25, 0.3) is 0 Å². The maximum atomic E-state index is 13.9. The third-order valence-corrected chi connectivity index (χ3v) is 5.72. The monoisotopic (exact) mass is 372 g/mol. The van der Waals surface area contributed by atoms with E-state index in [0.717, 1.165) is 30.9 Å². The molecule has 0 aliphatic carbocycles. The molecule has 3 heterocycles. The summed E-state index contributed by atoms with van der Waals surface area (Å²) < 4.78 is 19.0. The van der Waals surface area contributed by atoms with Crippen LogP contribution >= 0.6 is 0 Å². The smallest absolute Gasteiger partial charge is 0.225 e. The second-order valence-corrected chi connectivity index (χ2v) is 7.48. The second kappa shape index (κ2) is 7.78. The van der Waals surface area contributed by atoms with E-state index in [-0.39, 0.29) is 17.8 Å². The molecule has 2 fully saturated rings. The van der Waals surface area contributed by atoms with Crippen LogP contribution in [0.2, 0.25) is 0 Å². The van der Waals surface area contributed by atoms with E-state index in [2.05, 4.69) is 14.9 Å². The van der Waals surface area contributed by atoms with Crippen molar-refractivity contribution in [3.05, 3.63) is 53.9 Å². The van der Waals surface area contributed by atoms with Gasteiger partial charge >= 0.3 is 0 Å². The number of nitrogens with zero attached hydrogens (tertiary/aromatic N) is 3. The number of carbonyl (C=O) groups is 1. The van der Waals surface area contributed by atoms with Gasteiger partial charge in [-0.05, 0) is 23.6 Å². The Bertz CT molecular complexity index is 782. The van der Waals surface area contributed by atoms with Crippen molar-refractivity contribution in [3.63, 3.8) is 0 Å². The van der Waals surface area contributed by atoms with E-state index in [1.807, 2.05) is 17.2 Å². The summed E-state index contributed by atoms with van der Waals surface area (Å²) in [6.45, 7) is 3.77. The van der Waals surface area contributed by atoms with Crippen LogP contribution in [0.15, 0.2) is 36.8 Å². The van der Waals surface area contributed by atoms with Gasteiger partial charge in [0.15, 0.2) is 0 Å². The first-order chi connectivity index (χ1) is 13.2. The van der Waals surface area contributed by atoms with Crippen molar-refractivity contribution in [2.24, 2.45) is 11.8 Å². The summed E-state index contributed by atoms with van der Waals surface area (Å²) in [6.07, 6.45) is 3.90. The number of nitrogens with one attached hydrogen (secondary N) is 1. The Hall–Kier alpha value is -2.25. The molecule has 1 amide bonds. The summed E-state index contributed by atoms with van der Waals surface area (Å²) >= 11 is 0. The number of amides is 1. The molecule has 0 spiro atoms. The summed E-state index contributed by atoms with van der Waals surface area (Å²) in [5, 5.41) is 0. The molecule has 0 unspecified atom stereocenters. The van der Waals surface area contributed by atoms with Gasteiger partial charge in [0.05, 0.1) is 25.4 Å². The second-order valence-electron chi connectivity index (χ2n) is 7.48. The van der Waals surface area contributed by atoms with Crippen LogP contribution in [0.4, 0.5) is 4.39 Å². The van der Waals surface area contributed by atoms with Gasteiger partial charge in [0, 0.05) is 51.1 Å². The van der Waals surface area contributed by atoms with Crippen LogP contribution < -0.4 is 0 Å². The van der Waals surface area contributed by atoms with Gasteiger partial charge in [-0.15, -0.1) is 0 Å². The number of ether oxygens (including phenoxy) is 1. The van der Waals surface area contributed by atoms with Crippen LogP contribution in [0, 0.1) is 17.7 Å². The van der Waals surface area contributed by atoms with Gasteiger partial charge < -0.3 is 14.6 Å². The van der Waals surface area contributed by atoms with Crippen LogP contribution in [-0.2, 0) is 16.1 Å². The van der Waals surface area contributed by atoms with Crippen molar-refractivity contribution in [1.82, 2.24) is 19.8 Å². The minimum atomic E-state index is -0.257. The fourth-order valence-corrected chi connectivity index (χ4v) is 4.59. The summed E-state index contributed by atoms with van der Waals surface area (Å²) in [7, 11) is 1.60. The highest BCUT2D eigenvalue weighted by atomic mass is 19.1. The molecule has 2 aromatic rings. The highest BCUT2D eigenvalue weighted by Crippen LogP contribution is 2.45. The topological polar surface area (TPSA) is 61.5 Å². The summed E-state index contributed by atoms with van der Waals surface area (Å²) in [6, 6.07) is 6.60. The quantitative estimate of drug-likeness (QED) is 0.845. The Morgan fingerprint density at radius 1 is 1.37 bits per heavy atom. The van der Waals surface area contributed by atoms with Crippen molar-refractivity contribution in [2.75, 3.05) is 33.4 Å². The van der Waals surface area contributed by atoms with Crippen LogP contribution in [-0.4, -0.2) is 59.0 Å². The van der Waals surface area contributed by atoms with Gasteiger partial charge in [0.25, 0.3) is 0 Å². The van der Waals surface area contributed by atoms with Gasteiger partial charge in [-0.1, -0.05) is 12.1 Å². The first kappa shape index (κ1) is 18.1. The highest BCUT2D eigenvalue weighted by molar-refractivity contribution is 5.77. The number of aromatic amines is 1. The summed E-state index contributed by atoms with van der Waals surface area (Å²) in [5.41, 5.74) is 1.97. The van der Waals surface area contributed by atoms with E-state index < -0.39 is 0 Å². The van der Waals surface area contributed by atoms with E-state index >= 15 is 0 Å². The Morgan fingerprint density at radius 3 is 3.00 bits per heavy atom. The Morgan fingerprint density at radius 2 is 2.26 bits per heavy atom. The number of hydrogen-bond acceptors (Lipinski definition) is 4. The Labute approximate surface area is 158 Å². The Kier molecular flexibility index (Phi) is 5.22. The predicted octanol–water partition coefficient (Wildman–Crippen LogP) is 2.22. The molecule has 0 bridgehead atoms. The molecule has 2 saturated heterocycles. The van der Waals surface area contributed by atoms with E-state index in [9.17, 15) is 9.18 Å². The SMILES string of the molecule is COCCC(=O)N1C[C@@H]2CN(Cc3cnc[nH]3)C[C@@H]2[C@H]1c1cccc(F)c1. The van der Waals surface area contributed by atoms with Crippen molar-refractivity contribution < 1.29 is 13.9 Å². The number of imidazole rings is 1. The average Bonchev–Trinajstić information content (AvgIpc) is 3.36. The maximum absolute atomic E-state index is 13.9. The van der Waals surface area contributed by atoms with E-state index in [1.54, 1.807) is 25.6 Å². The molecule has 0 saturated carbocycles. The molecule has 2 aliphatic rings. The number of benzene rings is 1. The number of fused-ring (bicyclic) bond motifs is 1. The number of hydrogen-bond donors (Lipinski definition) is 1. The van der Waals surface area contributed by atoms with Crippen molar-refractivity contribution in [1.29, 1.82) is 0 Å². The summed E-state index contributed by atoms with van der Waals surface area (Å²) in [4.78, 5) is 24.3. The number of H-pyrrole nitrogens is 1. The third kappa shape index (κ3) is 3.75. The zero-order valence-corrected chi connectivity index (χ0v) is 15.5. The zero-order chi connectivity index (χ0) is 18.8. The average molecular weight is 372 g/mol. The Balaban J connectivity index is 1.55. The lowest BCUT2D eigenvalue weighted by molar-refractivity contribution is -0.133. The molecule has 144 valence electrons. The van der Waals surface area contributed by atoms with Crippen molar-refractivity contribution in [2.45, 2.75) is 19.0 Å². The van der Waals surface area contributed by atoms with Crippen LogP contribution in [0.3, 0.4) is 0 Å². The lowest BCUT2D eigenvalue weighted by Crippen LogP contribution is -2.36. The molecule has 1 aromatic heterocycles. The predicted molar refractivity (Wildman–Crippen MR) is 98.2 cm³/mol. The molecule has 6 nitrogen and oxygen atoms in total. The molecular formula is C20H25FN4O2. The molecule has 2 aliphatic heterocycles. The van der Waals surface area contributed by atoms with Crippen LogP contribution in [0.1, 0.15) is 23.7 Å². The molecule has 7 heteroatoms. The lowest BCUT2D eigenvalue weighted by atomic mass is 9.89. The zero-order valence-electron chi connectivity index (χ0n) is 15.5. The van der Waals surface area contributed by atoms with E-state index in [4.69, 9.17) is 4.74 Å². The number of halogens is 1. The van der Waals surface area contributed by atoms with Crippen molar-refractivity contribution in [3.8, 4) is 0 Å². The number of likely N-dealkylation sites (tertiary alicyclic amines) is 2. The molecule has 27 heavy (non-hydrogen) atoms. The van der Waals surface area contributed by atoms with Gasteiger partial charge in [-0.3, -0.25) is 9.69 Å². The van der Waals surface area contributed by atoms with Gasteiger partial charge in [0.2, 0.25) is 5.91 Å². The molecule has 4 rings (SSSR count). The molecule has 1 N–H and O–H groups in total. The first-order valence-electron chi connectivity index (χ1n) is 9.39. The number of methoxy groups -OCH3 is 1. The van der Waals surface area contributed by atoms with Gasteiger partial charge in [-0.25, -0.2) is 9.37 Å². The number of rotatable bonds is 6. The molecule has 3 atom stereocenters. The van der Waals surface area contributed by atoms with Gasteiger partial charge in [0.1, 0.15) is 5.82 Å². The fraction of sp³-hybridized carbons (Fsp3) is 0.500. The molecule has 1 aromatic carbocycles. The third-order valence-electron chi connectivity index (χ3n) is 5.72. The van der Waals surface area contributed by atoms with Gasteiger partial charge in [-0.2, -0.15) is 0 Å². The van der Waals surface area contributed by atoms with Crippen LogP contribution in [0.5, 0.6) is 0 Å². The van der Waals surface area contributed by atoms with Crippen molar-refractivity contribution >= 4 is 5.91 Å². The first-order valence-corrected chi connectivity index (χ1v) is 9.39. The lowest BCUT2D eigenvalue weighted by Gasteiger charge is -2.30. The number of carbonyl (C=O) groups excluding carboxylic acids is 1. The maximum Gasteiger partial charge on any atom is 0.225 e. The minimum absolute atomic E-state index is 0.0816. The largest absolute Gasteiger partial charge is 0.384 e.